The lowest BCUT2D eigenvalue weighted by atomic mass is 10.1. The lowest BCUT2D eigenvalue weighted by molar-refractivity contribution is -0.154. The quantitative estimate of drug-likeness (QED) is 0.0268. The van der Waals surface area contributed by atoms with Crippen molar-refractivity contribution in [1.82, 2.24) is 0 Å². The van der Waals surface area contributed by atoms with Crippen molar-refractivity contribution in [3.63, 3.8) is 0 Å². The van der Waals surface area contributed by atoms with Crippen LogP contribution >= 0.6 is 7.82 Å². The molecule has 66 heavy (non-hydrogen) atoms. The number of carbonyl (C=O) groups is 1. The number of allylic oxidation sites excluding steroid dienone is 18. The molecule has 9 heteroatoms. The van der Waals surface area contributed by atoms with Gasteiger partial charge in [0.2, 0.25) is 0 Å². The Morgan fingerprint density at radius 3 is 1.20 bits per heavy atom. The normalized spacial score (nSPS) is 14.2. The van der Waals surface area contributed by atoms with E-state index in [1.807, 2.05) is 0 Å². The van der Waals surface area contributed by atoms with Crippen LogP contribution in [0.2, 0.25) is 0 Å². The lowest BCUT2D eigenvalue weighted by Gasteiger charge is -2.20. The van der Waals surface area contributed by atoms with Crippen molar-refractivity contribution in [2.45, 2.75) is 213 Å². The summed E-state index contributed by atoms with van der Waals surface area (Å²) in [5.74, 6) is -0.346. The van der Waals surface area contributed by atoms with Crippen molar-refractivity contribution in [1.29, 1.82) is 0 Å². The van der Waals surface area contributed by atoms with Gasteiger partial charge in [0, 0.05) is 19.6 Å². The maximum absolute atomic E-state index is 12.7. The molecule has 378 valence electrons. The van der Waals surface area contributed by atoms with Gasteiger partial charge in [0.1, 0.15) is 6.10 Å². The molecule has 0 rings (SSSR count). The fourth-order valence-corrected chi connectivity index (χ4v) is 7.66. The second-order valence-corrected chi connectivity index (χ2v) is 18.4. The molecule has 0 aliphatic rings. The van der Waals surface area contributed by atoms with E-state index in [0.29, 0.717) is 13.0 Å². The van der Waals surface area contributed by atoms with Crippen molar-refractivity contribution in [2.75, 3.05) is 33.0 Å². The smallest absolute Gasteiger partial charge is 0.457 e. The van der Waals surface area contributed by atoms with Gasteiger partial charge in [0.15, 0.2) is 0 Å². The summed E-state index contributed by atoms with van der Waals surface area (Å²) in [6, 6.07) is 0. The predicted octanol–water partition coefficient (Wildman–Crippen LogP) is 16.8. The molecular weight excluding hydrogens is 842 g/mol. The zero-order chi connectivity index (χ0) is 48.0. The monoisotopic (exact) mass is 940 g/mol. The van der Waals surface area contributed by atoms with E-state index in [2.05, 4.69) is 123 Å². The summed E-state index contributed by atoms with van der Waals surface area (Å²) in [5.41, 5.74) is 5.39. The largest absolute Gasteiger partial charge is 0.472 e. The number of rotatable bonds is 49. The predicted molar refractivity (Wildman–Crippen MR) is 284 cm³/mol. The summed E-state index contributed by atoms with van der Waals surface area (Å²) in [6.07, 6.45) is 72.6. The van der Waals surface area contributed by atoms with Crippen molar-refractivity contribution < 1.29 is 32.8 Å². The Balaban J connectivity index is 3.99. The van der Waals surface area contributed by atoms with Crippen LogP contribution in [0.4, 0.5) is 0 Å². The van der Waals surface area contributed by atoms with Crippen LogP contribution in [-0.4, -0.2) is 49.9 Å². The Bertz CT molecular complexity index is 1380. The molecule has 2 unspecified atom stereocenters. The highest BCUT2D eigenvalue weighted by Crippen LogP contribution is 2.43. The molecule has 0 amide bonds. The van der Waals surface area contributed by atoms with Gasteiger partial charge >= 0.3 is 13.8 Å². The number of phosphoric ester groups is 1. The maximum atomic E-state index is 12.7. The Labute approximate surface area is 405 Å². The number of unbranched alkanes of at least 4 members (excludes halogenated alkanes) is 18. The van der Waals surface area contributed by atoms with E-state index in [-0.39, 0.29) is 32.3 Å². The average molecular weight is 940 g/mol. The van der Waals surface area contributed by atoms with Crippen molar-refractivity contribution in [3.8, 4) is 0 Å². The van der Waals surface area contributed by atoms with Crippen LogP contribution in [0.5, 0.6) is 0 Å². The van der Waals surface area contributed by atoms with E-state index < -0.39 is 13.9 Å². The Morgan fingerprint density at radius 2 is 0.803 bits per heavy atom. The van der Waals surface area contributed by atoms with Gasteiger partial charge in [-0.2, -0.15) is 0 Å². The van der Waals surface area contributed by atoms with Gasteiger partial charge in [-0.05, 0) is 96.3 Å². The zero-order valence-corrected chi connectivity index (χ0v) is 43.0. The summed E-state index contributed by atoms with van der Waals surface area (Å²) in [7, 11) is -4.30. The first-order valence-corrected chi connectivity index (χ1v) is 27.9. The third-order valence-electron chi connectivity index (χ3n) is 10.7. The second kappa shape index (κ2) is 53.1. The summed E-state index contributed by atoms with van der Waals surface area (Å²) < 4.78 is 33.6. The minimum Gasteiger partial charge on any atom is -0.457 e. The van der Waals surface area contributed by atoms with Crippen LogP contribution in [0.3, 0.4) is 0 Å². The summed E-state index contributed by atoms with van der Waals surface area (Å²) in [5, 5.41) is 0. The third-order valence-corrected chi connectivity index (χ3v) is 11.7. The van der Waals surface area contributed by atoms with E-state index in [1.165, 1.54) is 83.5 Å². The topological polar surface area (TPSA) is 117 Å². The molecule has 0 heterocycles. The molecule has 0 aromatic carbocycles. The molecule has 0 saturated heterocycles. The SMILES string of the molecule is CC/C=C\C/C=C\C/C=C\C/C=C\C/C=C\CCCCCCCCCC(=O)OC(COCCCCCCCCCCCCC/C=C\C/C=C\C/C=C\C/C=C\CC)COP(=O)(O)OCCN. The minimum atomic E-state index is -4.30. The van der Waals surface area contributed by atoms with Gasteiger partial charge in [-0.1, -0.05) is 213 Å². The third kappa shape index (κ3) is 52.1. The second-order valence-electron chi connectivity index (χ2n) is 17.0. The first-order valence-electron chi connectivity index (χ1n) is 26.4. The molecule has 8 nitrogen and oxygen atoms in total. The molecule has 0 fully saturated rings. The number of ether oxygens (including phenoxy) is 2. The van der Waals surface area contributed by atoms with Crippen molar-refractivity contribution in [3.05, 3.63) is 109 Å². The van der Waals surface area contributed by atoms with E-state index in [1.54, 1.807) is 0 Å². The average Bonchev–Trinajstić information content (AvgIpc) is 3.31. The molecule has 3 N–H and O–H groups in total. The summed E-state index contributed by atoms with van der Waals surface area (Å²) >= 11 is 0. The van der Waals surface area contributed by atoms with E-state index in [9.17, 15) is 14.3 Å². The molecule has 0 spiro atoms. The number of hydrogen-bond donors (Lipinski definition) is 2. The van der Waals surface area contributed by atoms with Crippen molar-refractivity contribution in [2.24, 2.45) is 5.73 Å². The minimum absolute atomic E-state index is 0.0920. The van der Waals surface area contributed by atoms with Crippen molar-refractivity contribution >= 4 is 13.8 Å². The number of nitrogens with two attached hydrogens (primary N) is 1. The van der Waals surface area contributed by atoms with Gasteiger partial charge in [-0.15, -0.1) is 0 Å². The van der Waals surface area contributed by atoms with Crippen LogP contribution in [0.25, 0.3) is 0 Å². The fraction of sp³-hybridized carbons (Fsp3) is 0.667. The Kier molecular flexibility index (Phi) is 50.8. The number of carbonyl (C=O) groups excluding carboxylic acids is 1. The van der Waals surface area contributed by atoms with E-state index >= 15 is 0 Å². The standard InChI is InChI=1S/C57H98NO7P/c1-3-5-7-9-11-13-15-17-19-21-23-25-27-29-31-33-35-37-39-41-43-45-47-49-52-62-54-56(55-64-66(60,61)63-53-51-58)65-57(59)50-48-46-44-42-40-38-36-34-32-30-28-26-24-22-20-18-16-14-12-10-8-6-4-2/h5-8,11-14,17-20,23-26,30,32,56H,3-4,9-10,15-16,21-22,27-29,31,33-55,58H2,1-2H3,(H,60,61)/b7-5-,8-6-,13-11-,14-12-,19-17-,20-18-,25-23-,26-24-,32-30-. The van der Waals surface area contributed by atoms with Gasteiger partial charge < -0.3 is 20.1 Å². The maximum Gasteiger partial charge on any atom is 0.472 e. The van der Waals surface area contributed by atoms with Gasteiger partial charge in [0.25, 0.3) is 0 Å². The van der Waals surface area contributed by atoms with Crippen LogP contribution in [0.1, 0.15) is 206 Å². The first-order chi connectivity index (χ1) is 32.4. The van der Waals surface area contributed by atoms with Crippen LogP contribution in [-0.2, 0) is 27.9 Å². The van der Waals surface area contributed by atoms with Crippen LogP contribution in [0, 0.1) is 0 Å². The van der Waals surface area contributed by atoms with E-state index in [4.69, 9.17) is 24.3 Å². The zero-order valence-electron chi connectivity index (χ0n) is 42.1. The highest BCUT2D eigenvalue weighted by atomic mass is 31.2. The number of esters is 1. The lowest BCUT2D eigenvalue weighted by Crippen LogP contribution is -2.28. The van der Waals surface area contributed by atoms with Gasteiger partial charge in [-0.25, -0.2) is 4.57 Å². The highest BCUT2D eigenvalue weighted by molar-refractivity contribution is 7.47. The summed E-state index contributed by atoms with van der Waals surface area (Å²) in [4.78, 5) is 22.6. The molecule has 2 atom stereocenters. The highest BCUT2D eigenvalue weighted by Gasteiger charge is 2.25. The fourth-order valence-electron chi connectivity index (χ4n) is 6.90. The summed E-state index contributed by atoms with van der Waals surface area (Å²) in [6.45, 7) is 4.67. The molecule has 0 aromatic heterocycles. The van der Waals surface area contributed by atoms with Gasteiger partial charge in [-0.3, -0.25) is 13.8 Å². The molecule has 0 aliphatic carbocycles. The number of hydrogen-bond acceptors (Lipinski definition) is 7. The molecule has 0 aliphatic heterocycles. The molecule has 0 saturated carbocycles. The van der Waals surface area contributed by atoms with Gasteiger partial charge in [0.05, 0.1) is 19.8 Å². The Hall–Kier alpha value is -2.84. The first kappa shape index (κ1) is 63.2. The van der Waals surface area contributed by atoms with Crippen LogP contribution in [0.15, 0.2) is 109 Å². The Morgan fingerprint density at radius 1 is 0.455 bits per heavy atom. The van der Waals surface area contributed by atoms with Crippen LogP contribution < -0.4 is 5.73 Å². The molecule has 0 bridgehead atoms. The number of phosphoric acid groups is 1. The molecule has 0 radical (unpaired) electrons. The molecular formula is C57H98NO7P. The van der Waals surface area contributed by atoms with E-state index in [0.717, 1.165) is 103 Å². The molecule has 0 aromatic rings.